The standard InChI is InChI=1S/C10H9F3INO2/c1-2-17-6(16)3-5-4-15-10(14)8(11)7(5)9(12)13/h4,9H,2-3H2,1H3. The number of aromatic nitrogens is 1. The Morgan fingerprint density at radius 2 is 2.24 bits per heavy atom. The largest absolute Gasteiger partial charge is 0.466 e. The zero-order valence-electron chi connectivity index (χ0n) is 8.84. The number of alkyl halides is 2. The van der Waals surface area contributed by atoms with Gasteiger partial charge in [0.2, 0.25) is 0 Å². The Morgan fingerprint density at radius 1 is 1.59 bits per heavy atom. The highest BCUT2D eigenvalue weighted by molar-refractivity contribution is 14.1. The Labute approximate surface area is 110 Å². The van der Waals surface area contributed by atoms with Crippen molar-refractivity contribution in [2.24, 2.45) is 0 Å². The lowest BCUT2D eigenvalue weighted by Crippen LogP contribution is -2.12. The van der Waals surface area contributed by atoms with Crippen LogP contribution in [0.1, 0.15) is 24.5 Å². The van der Waals surface area contributed by atoms with Crippen molar-refractivity contribution in [3.05, 3.63) is 26.8 Å². The first-order chi connectivity index (χ1) is 7.97. The number of carbonyl (C=O) groups excluding carboxylic acids is 1. The summed E-state index contributed by atoms with van der Waals surface area (Å²) in [6.07, 6.45) is -2.33. The van der Waals surface area contributed by atoms with Gasteiger partial charge in [0.1, 0.15) is 3.70 Å². The minimum absolute atomic E-state index is 0.142. The van der Waals surface area contributed by atoms with Crippen molar-refractivity contribution in [2.75, 3.05) is 6.61 Å². The molecule has 17 heavy (non-hydrogen) atoms. The molecule has 0 spiro atoms. The summed E-state index contributed by atoms with van der Waals surface area (Å²) in [6.45, 7) is 1.74. The zero-order valence-corrected chi connectivity index (χ0v) is 11.0. The fraction of sp³-hybridized carbons (Fsp3) is 0.400. The Morgan fingerprint density at radius 3 is 2.76 bits per heavy atom. The molecule has 0 aliphatic heterocycles. The second-order valence-corrected chi connectivity index (χ2v) is 4.11. The molecule has 0 amide bonds. The normalized spacial score (nSPS) is 10.7. The lowest BCUT2D eigenvalue weighted by molar-refractivity contribution is -0.142. The smallest absolute Gasteiger partial charge is 0.310 e. The van der Waals surface area contributed by atoms with Crippen LogP contribution in [0.5, 0.6) is 0 Å². The third-order valence-corrected chi connectivity index (χ3v) is 2.71. The third-order valence-electron chi connectivity index (χ3n) is 1.96. The maximum absolute atomic E-state index is 13.4. The molecule has 0 aliphatic carbocycles. The molecule has 0 bridgehead atoms. The van der Waals surface area contributed by atoms with E-state index in [4.69, 9.17) is 0 Å². The van der Waals surface area contributed by atoms with Gasteiger partial charge in [-0.3, -0.25) is 4.79 Å². The maximum atomic E-state index is 13.4. The van der Waals surface area contributed by atoms with Crippen LogP contribution in [0.4, 0.5) is 13.2 Å². The van der Waals surface area contributed by atoms with E-state index in [1.54, 1.807) is 6.92 Å². The van der Waals surface area contributed by atoms with Crippen molar-refractivity contribution in [1.29, 1.82) is 0 Å². The Hall–Kier alpha value is -0.860. The van der Waals surface area contributed by atoms with Gasteiger partial charge in [0.25, 0.3) is 6.43 Å². The Kier molecular flexibility index (Phi) is 5.16. The molecule has 0 aliphatic rings. The number of hydrogen-bond donors (Lipinski definition) is 0. The lowest BCUT2D eigenvalue weighted by atomic mass is 10.1. The highest BCUT2D eigenvalue weighted by Gasteiger charge is 2.23. The van der Waals surface area contributed by atoms with E-state index in [1.165, 1.54) is 22.6 Å². The van der Waals surface area contributed by atoms with Gasteiger partial charge in [-0.25, -0.2) is 18.2 Å². The Balaban J connectivity index is 3.07. The van der Waals surface area contributed by atoms with E-state index in [2.05, 4.69) is 9.72 Å². The predicted molar refractivity (Wildman–Crippen MR) is 62.2 cm³/mol. The summed E-state index contributed by atoms with van der Waals surface area (Å²) >= 11 is 1.51. The first kappa shape index (κ1) is 14.2. The molecule has 7 heteroatoms. The molecule has 0 saturated carbocycles. The van der Waals surface area contributed by atoms with Gasteiger partial charge in [0.05, 0.1) is 18.6 Å². The van der Waals surface area contributed by atoms with Gasteiger partial charge in [-0.15, -0.1) is 0 Å². The van der Waals surface area contributed by atoms with Gasteiger partial charge >= 0.3 is 5.97 Å². The maximum Gasteiger partial charge on any atom is 0.310 e. The highest BCUT2D eigenvalue weighted by atomic mass is 127. The van der Waals surface area contributed by atoms with E-state index in [-0.39, 0.29) is 15.9 Å². The molecule has 0 saturated heterocycles. The van der Waals surface area contributed by atoms with Crippen molar-refractivity contribution in [3.63, 3.8) is 0 Å². The minimum Gasteiger partial charge on any atom is -0.466 e. The van der Waals surface area contributed by atoms with Crippen molar-refractivity contribution in [2.45, 2.75) is 19.8 Å². The minimum atomic E-state index is -2.99. The third kappa shape index (κ3) is 3.55. The average Bonchev–Trinajstić information content (AvgIpc) is 2.23. The molecular weight excluding hydrogens is 350 g/mol. The van der Waals surface area contributed by atoms with E-state index in [9.17, 15) is 18.0 Å². The Bertz CT molecular complexity index is 426. The van der Waals surface area contributed by atoms with Crippen LogP contribution in [0.25, 0.3) is 0 Å². The van der Waals surface area contributed by atoms with Crippen LogP contribution >= 0.6 is 22.6 Å². The summed E-state index contributed by atoms with van der Waals surface area (Å²) in [6, 6.07) is 0. The van der Waals surface area contributed by atoms with Crippen molar-refractivity contribution < 1.29 is 22.7 Å². The summed E-state index contributed by atoms with van der Waals surface area (Å²) in [7, 11) is 0. The van der Waals surface area contributed by atoms with Crippen LogP contribution in [0.2, 0.25) is 0 Å². The van der Waals surface area contributed by atoms with Crippen molar-refractivity contribution in [3.8, 4) is 0 Å². The topological polar surface area (TPSA) is 39.2 Å². The first-order valence-corrected chi connectivity index (χ1v) is 5.81. The summed E-state index contributed by atoms with van der Waals surface area (Å²) in [5.74, 6) is -1.76. The van der Waals surface area contributed by atoms with Gasteiger partial charge in [-0.1, -0.05) is 0 Å². The SMILES string of the molecule is CCOC(=O)Cc1cnc(I)c(F)c1C(F)F. The van der Waals surface area contributed by atoms with Crippen LogP contribution in [-0.4, -0.2) is 17.6 Å². The number of rotatable bonds is 4. The molecule has 0 aromatic carbocycles. The predicted octanol–water partition coefficient (Wildman–Crippen LogP) is 2.87. The van der Waals surface area contributed by atoms with E-state index in [0.29, 0.717) is 0 Å². The summed E-state index contributed by atoms with van der Waals surface area (Å²) in [4.78, 5) is 14.8. The number of hydrogen-bond acceptors (Lipinski definition) is 3. The molecule has 0 radical (unpaired) electrons. The van der Waals surface area contributed by atoms with Gasteiger partial charge < -0.3 is 4.74 Å². The van der Waals surface area contributed by atoms with Crippen LogP contribution in [0.15, 0.2) is 6.20 Å². The summed E-state index contributed by atoms with van der Waals surface area (Å²) < 4.78 is 43.3. The molecule has 3 nitrogen and oxygen atoms in total. The summed E-state index contributed by atoms with van der Waals surface area (Å²) in [5, 5.41) is 0. The molecule has 94 valence electrons. The molecule has 1 heterocycles. The van der Waals surface area contributed by atoms with Crippen molar-refractivity contribution >= 4 is 28.6 Å². The van der Waals surface area contributed by atoms with Gasteiger partial charge in [0, 0.05) is 6.20 Å². The van der Waals surface area contributed by atoms with E-state index < -0.39 is 30.2 Å². The molecule has 1 aromatic heterocycles. The number of nitrogens with zero attached hydrogens (tertiary/aromatic N) is 1. The van der Waals surface area contributed by atoms with Crippen LogP contribution in [0.3, 0.4) is 0 Å². The highest BCUT2D eigenvalue weighted by Crippen LogP contribution is 2.28. The fourth-order valence-electron chi connectivity index (χ4n) is 1.26. The first-order valence-electron chi connectivity index (χ1n) is 4.73. The second-order valence-electron chi connectivity index (χ2n) is 3.08. The van der Waals surface area contributed by atoms with E-state index in [0.717, 1.165) is 6.20 Å². The van der Waals surface area contributed by atoms with Gasteiger partial charge in [0.15, 0.2) is 5.82 Å². The molecule has 0 unspecified atom stereocenters. The summed E-state index contributed by atoms with van der Waals surface area (Å²) in [5.41, 5.74) is -0.922. The molecule has 1 rings (SSSR count). The number of ether oxygens (including phenoxy) is 1. The van der Waals surface area contributed by atoms with Crippen LogP contribution < -0.4 is 0 Å². The number of esters is 1. The molecule has 1 aromatic rings. The van der Waals surface area contributed by atoms with Crippen LogP contribution in [0, 0.1) is 9.52 Å². The fourth-order valence-corrected chi connectivity index (χ4v) is 1.69. The molecule has 0 N–H and O–H groups in total. The quantitative estimate of drug-likeness (QED) is 0.472. The average molecular weight is 359 g/mol. The molecular formula is C10H9F3INO2. The number of pyridine rings is 1. The molecule has 0 fully saturated rings. The zero-order chi connectivity index (χ0) is 13.0. The lowest BCUT2D eigenvalue weighted by Gasteiger charge is -2.09. The second kappa shape index (κ2) is 6.18. The van der Waals surface area contributed by atoms with Crippen molar-refractivity contribution in [1.82, 2.24) is 4.98 Å². The molecule has 0 atom stereocenters. The van der Waals surface area contributed by atoms with Gasteiger partial charge in [-0.2, -0.15) is 0 Å². The number of halogens is 4. The number of carbonyl (C=O) groups is 1. The monoisotopic (exact) mass is 359 g/mol. The van der Waals surface area contributed by atoms with Gasteiger partial charge in [-0.05, 0) is 35.1 Å². The van der Waals surface area contributed by atoms with E-state index >= 15 is 0 Å². The van der Waals surface area contributed by atoms with Crippen LogP contribution in [-0.2, 0) is 16.0 Å². The van der Waals surface area contributed by atoms with E-state index in [1.807, 2.05) is 0 Å².